The predicted molar refractivity (Wildman–Crippen MR) is 85.1 cm³/mol. The maximum Gasteiger partial charge on any atom is 0.244 e. The van der Waals surface area contributed by atoms with E-state index >= 15 is 0 Å². The SMILES string of the molecule is Cc1cnn(CCCNC(=O)/C=C/c2ccccc2Cl)c1. The minimum absolute atomic E-state index is 0.119. The summed E-state index contributed by atoms with van der Waals surface area (Å²) in [4.78, 5) is 11.7. The smallest absolute Gasteiger partial charge is 0.244 e. The van der Waals surface area contributed by atoms with Crippen molar-refractivity contribution in [1.29, 1.82) is 0 Å². The fraction of sp³-hybridized carbons (Fsp3) is 0.250. The highest BCUT2D eigenvalue weighted by Crippen LogP contribution is 2.15. The molecule has 0 radical (unpaired) electrons. The van der Waals surface area contributed by atoms with Crippen LogP contribution < -0.4 is 5.32 Å². The summed E-state index contributed by atoms with van der Waals surface area (Å²) in [7, 11) is 0. The van der Waals surface area contributed by atoms with Crippen molar-refractivity contribution in [3.05, 3.63) is 58.9 Å². The van der Waals surface area contributed by atoms with Crippen molar-refractivity contribution in [2.24, 2.45) is 0 Å². The van der Waals surface area contributed by atoms with E-state index in [1.807, 2.05) is 42.2 Å². The highest BCUT2D eigenvalue weighted by molar-refractivity contribution is 6.32. The minimum Gasteiger partial charge on any atom is -0.352 e. The van der Waals surface area contributed by atoms with Gasteiger partial charge in [0.15, 0.2) is 0 Å². The number of carbonyl (C=O) groups is 1. The second-order valence-electron chi connectivity index (χ2n) is 4.78. The molecule has 0 bridgehead atoms. The summed E-state index contributed by atoms with van der Waals surface area (Å²) in [5.74, 6) is -0.119. The van der Waals surface area contributed by atoms with Crippen molar-refractivity contribution in [3.8, 4) is 0 Å². The number of hydrogen-bond donors (Lipinski definition) is 1. The molecule has 110 valence electrons. The van der Waals surface area contributed by atoms with Gasteiger partial charge in [0.05, 0.1) is 6.20 Å². The molecule has 0 aliphatic rings. The lowest BCUT2D eigenvalue weighted by Gasteiger charge is -2.03. The summed E-state index contributed by atoms with van der Waals surface area (Å²) in [6, 6.07) is 7.41. The van der Waals surface area contributed by atoms with E-state index in [1.54, 1.807) is 12.1 Å². The standard InChI is InChI=1S/C16H18ClN3O/c1-13-11-19-20(12-13)10-4-9-18-16(21)8-7-14-5-2-3-6-15(14)17/h2-3,5-8,11-12H,4,9-10H2,1H3,(H,18,21)/b8-7+. The molecule has 0 aliphatic carbocycles. The quantitative estimate of drug-likeness (QED) is 0.658. The van der Waals surface area contributed by atoms with Crippen LogP contribution in [0.5, 0.6) is 0 Å². The van der Waals surface area contributed by atoms with Crippen molar-refractivity contribution in [2.45, 2.75) is 19.9 Å². The lowest BCUT2D eigenvalue weighted by molar-refractivity contribution is -0.116. The van der Waals surface area contributed by atoms with Crippen LogP contribution in [0.1, 0.15) is 17.5 Å². The molecule has 1 aromatic carbocycles. The number of halogens is 1. The molecule has 0 unspecified atom stereocenters. The Bertz CT molecular complexity index is 634. The van der Waals surface area contributed by atoms with Gasteiger partial charge in [0, 0.05) is 30.4 Å². The predicted octanol–water partition coefficient (Wildman–Crippen LogP) is 3.06. The average Bonchev–Trinajstić information content (AvgIpc) is 2.88. The Morgan fingerprint density at radius 3 is 2.95 bits per heavy atom. The molecule has 4 nitrogen and oxygen atoms in total. The van der Waals surface area contributed by atoms with Crippen LogP contribution in [0.3, 0.4) is 0 Å². The van der Waals surface area contributed by atoms with Gasteiger partial charge in [0.1, 0.15) is 0 Å². The Hall–Kier alpha value is -2.07. The van der Waals surface area contributed by atoms with E-state index in [9.17, 15) is 4.79 Å². The van der Waals surface area contributed by atoms with Gasteiger partial charge in [-0.05, 0) is 36.6 Å². The molecule has 0 aliphatic heterocycles. The Labute approximate surface area is 129 Å². The van der Waals surface area contributed by atoms with Gasteiger partial charge in [-0.1, -0.05) is 29.8 Å². The van der Waals surface area contributed by atoms with Crippen molar-refractivity contribution < 1.29 is 4.79 Å². The summed E-state index contributed by atoms with van der Waals surface area (Å²) >= 11 is 6.01. The molecule has 0 atom stereocenters. The van der Waals surface area contributed by atoms with Crippen LogP contribution in [0.15, 0.2) is 42.7 Å². The number of nitrogens with zero attached hydrogens (tertiary/aromatic N) is 2. The van der Waals surface area contributed by atoms with Gasteiger partial charge < -0.3 is 5.32 Å². The van der Waals surface area contributed by atoms with Crippen LogP contribution in [0.25, 0.3) is 6.08 Å². The fourth-order valence-corrected chi connectivity index (χ4v) is 2.08. The van der Waals surface area contributed by atoms with Gasteiger partial charge in [-0.3, -0.25) is 9.48 Å². The number of carbonyl (C=O) groups excluding carboxylic acids is 1. The molecular formula is C16H18ClN3O. The first-order valence-electron chi connectivity index (χ1n) is 6.84. The zero-order chi connectivity index (χ0) is 15.1. The van der Waals surface area contributed by atoms with Crippen molar-refractivity contribution in [2.75, 3.05) is 6.54 Å². The van der Waals surface area contributed by atoms with Gasteiger partial charge >= 0.3 is 0 Å². The molecule has 0 saturated heterocycles. The van der Waals surface area contributed by atoms with E-state index in [0.717, 1.165) is 24.1 Å². The Kier molecular flexibility index (Phi) is 5.58. The zero-order valence-electron chi connectivity index (χ0n) is 11.9. The van der Waals surface area contributed by atoms with E-state index < -0.39 is 0 Å². The Morgan fingerprint density at radius 1 is 1.43 bits per heavy atom. The zero-order valence-corrected chi connectivity index (χ0v) is 12.7. The van der Waals surface area contributed by atoms with E-state index in [4.69, 9.17) is 11.6 Å². The molecule has 1 amide bonds. The van der Waals surface area contributed by atoms with Gasteiger partial charge in [-0.15, -0.1) is 0 Å². The number of aryl methyl sites for hydroxylation is 2. The highest BCUT2D eigenvalue weighted by Gasteiger charge is 1.98. The first-order chi connectivity index (χ1) is 10.1. The molecule has 21 heavy (non-hydrogen) atoms. The molecule has 1 aromatic heterocycles. The Morgan fingerprint density at radius 2 is 2.24 bits per heavy atom. The number of aromatic nitrogens is 2. The van der Waals surface area contributed by atoms with Crippen LogP contribution >= 0.6 is 11.6 Å². The molecule has 1 heterocycles. The van der Waals surface area contributed by atoms with E-state index in [2.05, 4.69) is 10.4 Å². The summed E-state index contributed by atoms with van der Waals surface area (Å²) in [5.41, 5.74) is 1.98. The summed E-state index contributed by atoms with van der Waals surface area (Å²) in [6.07, 6.45) is 7.87. The minimum atomic E-state index is -0.119. The second kappa shape index (κ2) is 7.64. The molecular weight excluding hydrogens is 286 g/mol. The number of amides is 1. The van der Waals surface area contributed by atoms with Gasteiger partial charge in [-0.25, -0.2) is 0 Å². The molecule has 5 heteroatoms. The van der Waals surface area contributed by atoms with Crippen molar-refractivity contribution in [3.63, 3.8) is 0 Å². The normalized spacial score (nSPS) is 11.0. The summed E-state index contributed by atoms with van der Waals surface area (Å²) in [5, 5.41) is 7.67. The van der Waals surface area contributed by atoms with Crippen molar-refractivity contribution >= 4 is 23.6 Å². The van der Waals surface area contributed by atoms with Gasteiger partial charge in [-0.2, -0.15) is 5.10 Å². The van der Waals surface area contributed by atoms with Crippen LogP contribution in [0.4, 0.5) is 0 Å². The third-order valence-corrected chi connectivity index (χ3v) is 3.29. The molecule has 0 fully saturated rings. The van der Waals surface area contributed by atoms with Gasteiger partial charge in [0.25, 0.3) is 0 Å². The van der Waals surface area contributed by atoms with Gasteiger partial charge in [0.2, 0.25) is 5.91 Å². The summed E-state index contributed by atoms with van der Waals surface area (Å²) < 4.78 is 1.88. The molecule has 2 rings (SSSR count). The average molecular weight is 304 g/mol. The number of rotatable bonds is 6. The van der Waals surface area contributed by atoms with E-state index in [-0.39, 0.29) is 5.91 Å². The van der Waals surface area contributed by atoms with Crippen LogP contribution in [-0.2, 0) is 11.3 Å². The van der Waals surface area contributed by atoms with Crippen LogP contribution in [0.2, 0.25) is 5.02 Å². The molecule has 0 saturated carbocycles. The number of nitrogens with one attached hydrogen (secondary N) is 1. The maximum atomic E-state index is 11.7. The lowest BCUT2D eigenvalue weighted by atomic mass is 10.2. The summed E-state index contributed by atoms with van der Waals surface area (Å²) in [6.45, 7) is 3.41. The van der Waals surface area contributed by atoms with E-state index in [0.29, 0.717) is 11.6 Å². The first-order valence-corrected chi connectivity index (χ1v) is 7.22. The highest BCUT2D eigenvalue weighted by atomic mass is 35.5. The molecule has 2 aromatic rings. The Balaban J connectivity index is 1.71. The maximum absolute atomic E-state index is 11.7. The van der Waals surface area contributed by atoms with E-state index in [1.165, 1.54) is 6.08 Å². The number of hydrogen-bond acceptors (Lipinski definition) is 2. The van der Waals surface area contributed by atoms with Crippen LogP contribution in [0, 0.1) is 6.92 Å². The van der Waals surface area contributed by atoms with Crippen molar-refractivity contribution in [1.82, 2.24) is 15.1 Å². The largest absolute Gasteiger partial charge is 0.352 e. The third kappa shape index (κ3) is 5.08. The second-order valence-corrected chi connectivity index (χ2v) is 5.19. The number of benzene rings is 1. The third-order valence-electron chi connectivity index (χ3n) is 2.95. The molecule has 1 N–H and O–H groups in total. The lowest BCUT2D eigenvalue weighted by Crippen LogP contribution is -2.23. The monoisotopic (exact) mass is 303 g/mol. The molecule has 0 spiro atoms. The topological polar surface area (TPSA) is 46.9 Å². The fourth-order valence-electron chi connectivity index (χ4n) is 1.88. The van der Waals surface area contributed by atoms with Crippen LogP contribution in [-0.4, -0.2) is 22.2 Å². The first kappa shape index (κ1) is 15.3.